The second-order valence-corrected chi connectivity index (χ2v) is 7.33. The van der Waals surface area contributed by atoms with Gasteiger partial charge >= 0.3 is 12.4 Å². The van der Waals surface area contributed by atoms with Crippen LogP contribution in [0.25, 0.3) is 17.6 Å². The van der Waals surface area contributed by atoms with Crippen molar-refractivity contribution in [3.05, 3.63) is 41.7 Å². The number of hydrogen-bond donors (Lipinski definition) is 0. The highest BCUT2D eigenvalue weighted by Gasteiger charge is 2.37. The maximum atomic E-state index is 13.0. The molecule has 0 atom stereocenters. The van der Waals surface area contributed by atoms with E-state index < -0.39 is 47.4 Å². The second kappa shape index (κ2) is 10.8. The SMILES string of the molecule is CN(C)CCCN(CCF)C(=O)C=Cn1cnc(-c2cc(C(F)(F)F)cc(C(F)(F)F)c2)n1. The Balaban J connectivity index is 2.23. The highest BCUT2D eigenvalue weighted by molar-refractivity contribution is 5.90. The van der Waals surface area contributed by atoms with E-state index in [-0.39, 0.29) is 12.6 Å². The van der Waals surface area contributed by atoms with Crippen LogP contribution in [0, 0.1) is 0 Å². The molecule has 0 N–H and O–H groups in total. The quantitative estimate of drug-likeness (QED) is 0.398. The van der Waals surface area contributed by atoms with Crippen LogP contribution in [0.15, 0.2) is 30.6 Å². The van der Waals surface area contributed by atoms with Crippen LogP contribution in [0.2, 0.25) is 0 Å². The molecule has 2 aromatic rings. The van der Waals surface area contributed by atoms with Crippen LogP contribution in [0.5, 0.6) is 0 Å². The minimum atomic E-state index is -5.00. The average Bonchev–Trinajstić information content (AvgIpc) is 3.18. The van der Waals surface area contributed by atoms with Crippen molar-refractivity contribution in [2.75, 3.05) is 40.4 Å². The first-order chi connectivity index (χ1) is 15.3. The van der Waals surface area contributed by atoms with E-state index in [9.17, 15) is 35.5 Å². The van der Waals surface area contributed by atoms with Gasteiger partial charge in [0.1, 0.15) is 13.0 Å². The normalized spacial score (nSPS) is 12.7. The van der Waals surface area contributed by atoms with Gasteiger partial charge in [-0.2, -0.15) is 26.3 Å². The van der Waals surface area contributed by atoms with Gasteiger partial charge in [-0.1, -0.05) is 0 Å². The number of halogens is 7. The summed E-state index contributed by atoms with van der Waals surface area (Å²) < 4.78 is 92.0. The Kier molecular flexibility index (Phi) is 8.58. The average molecular weight is 481 g/mol. The standard InChI is InChI=1S/C20H22F7N5O/c1-30(2)6-3-7-31(9-5-21)17(33)4-8-32-13-28-18(29-32)14-10-15(19(22,23)24)12-16(11-14)20(25,26)27/h4,8,10-13H,3,5-7,9H2,1-2H3. The molecule has 0 aliphatic carbocycles. The van der Waals surface area contributed by atoms with Gasteiger partial charge in [-0.3, -0.25) is 4.79 Å². The van der Waals surface area contributed by atoms with Crippen LogP contribution in [-0.4, -0.2) is 70.9 Å². The molecule has 1 aromatic carbocycles. The van der Waals surface area contributed by atoms with Gasteiger partial charge in [-0.25, -0.2) is 14.1 Å². The highest BCUT2D eigenvalue weighted by atomic mass is 19.4. The molecule has 33 heavy (non-hydrogen) atoms. The number of hydrogen-bond acceptors (Lipinski definition) is 4. The minimum absolute atomic E-state index is 0.00876. The molecule has 0 radical (unpaired) electrons. The smallest absolute Gasteiger partial charge is 0.336 e. The fraction of sp³-hybridized carbons (Fsp3) is 0.450. The van der Waals surface area contributed by atoms with Gasteiger partial charge in [0.25, 0.3) is 0 Å². The third kappa shape index (κ3) is 7.84. The largest absolute Gasteiger partial charge is 0.416 e. The Morgan fingerprint density at radius 1 is 1.00 bits per heavy atom. The van der Waals surface area contributed by atoms with E-state index in [1.54, 1.807) is 0 Å². The first-order valence-electron chi connectivity index (χ1n) is 9.70. The first kappa shape index (κ1) is 26.3. The molecule has 0 fully saturated rings. The van der Waals surface area contributed by atoms with Crippen molar-refractivity contribution in [2.24, 2.45) is 0 Å². The predicted octanol–water partition coefficient (Wildman–Crippen LogP) is 4.20. The molecular formula is C20H22F7N5O. The molecule has 13 heteroatoms. The third-order valence-electron chi connectivity index (χ3n) is 4.42. The molecular weight excluding hydrogens is 459 g/mol. The molecule has 0 bridgehead atoms. The Labute approximate surface area is 185 Å². The van der Waals surface area contributed by atoms with Gasteiger partial charge in [0.15, 0.2) is 5.82 Å². The van der Waals surface area contributed by atoms with E-state index in [1.165, 1.54) is 4.90 Å². The van der Waals surface area contributed by atoms with Crippen molar-refractivity contribution in [1.82, 2.24) is 24.6 Å². The maximum Gasteiger partial charge on any atom is 0.416 e. The Morgan fingerprint density at radius 3 is 2.12 bits per heavy atom. The molecule has 6 nitrogen and oxygen atoms in total. The van der Waals surface area contributed by atoms with Gasteiger partial charge in [0.2, 0.25) is 5.91 Å². The molecule has 0 unspecified atom stereocenters. The molecule has 1 heterocycles. The summed E-state index contributed by atoms with van der Waals surface area (Å²) in [7, 11) is 3.71. The fourth-order valence-electron chi connectivity index (χ4n) is 2.82. The summed E-state index contributed by atoms with van der Waals surface area (Å²) in [6, 6.07) is 1.03. The lowest BCUT2D eigenvalue weighted by atomic mass is 10.0. The predicted molar refractivity (Wildman–Crippen MR) is 107 cm³/mol. The summed E-state index contributed by atoms with van der Waals surface area (Å²) in [5.74, 6) is -0.919. The van der Waals surface area contributed by atoms with E-state index in [1.807, 2.05) is 19.0 Å². The van der Waals surface area contributed by atoms with Gasteiger partial charge in [0, 0.05) is 30.9 Å². The summed E-state index contributed by atoms with van der Waals surface area (Å²) in [4.78, 5) is 19.2. The van der Waals surface area contributed by atoms with Crippen molar-refractivity contribution in [3.8, 4) is 11.4 Å². The van der Waals surface area contributed by atoms with Gasteiger partial charge in [-0.15, -0.1) is 5.10 Å². The summed E-state index contributed by atoms with van der Waals surface area (Å²) in [6.45, 7) is 0.122. The van der Waals surface area contributed by atoms with E-state index in [0.717, 1.165) is 23.3 Å². The van der Waals surface area contributed by atoms with E-state index >= 15 is 0 Å². The second-order valence-electron chi connectivity index (χ2n) is 7.33. The maximum absolute atomic E-state index is 13.0. The number of nitrogens with zero attached hydrogens (tertiary/aromatic N) is 5. The Morgan fingerprint density at radius 2 is 1.61 bits per heavy atom. The van der Waals surface area contributed by atoms with E-state index in [4.69, 9.17) is 0 Å². The molecule has 0 saturated carbocycles. The number of carbonyl (C=O) groups excluding carboxylic acids is 1. The van der Waals surface area contributed by atoms with Crippen molar-refractivity contribution < 1.29 is 35.5 Å². The number of aromatic nitrogens is 3. The van der Waals surface area contributed by atoms with Crippen LogP contribution in [0.3, 0.4) is 0 Å². The molecule has 0 saturated heterocycles. The fourth-order valence-corrected chi connectivity index (χ4v) is 2.82. The Bertz CT molecular complexity index is 934. The highest BCUT2D eigenvalue weighted by Crippen LogP contribution is 2.38. The zero-order valence-electron chi connectivity index (χ0n) is 17.8. The van der Waals surface area contributed by atoms with Crippen LogP contribution < -0.4 is 0 Å². The number of benzene rings is 1. The first-order valence-corrected chi connectivity index (χ1v) is 9.70. The van der Waals surface area contributed by atoms with Crippen LogP contribution in [0.4, 0.5) is 30.7 Å². The third-order valence-corrected chi connectivity index (χ3v) is 4.42. The summed E-state index contributed by atoms with van der Waals surface area (Å²) in [5, 5.41) is 3.82. The summed E-state index contributed by atoms with van der Waals surface area (Å²) >= 11 is 0. The van der Waals surface area contributed by atoms with Crippen molar-refractivity contribution in [3.63, 3.8) is 0 Å². The van der Waals surface area contributed by atoms with Crippen LogP contribution in [0.1, 0.15) is 17.5 Å². The van der Waals surface area contributed by atoms with E-state index in [0.29, 0.717) is 31.6 Å². The van der Waals surface area contributed by atoms with Crippen LogP contribution >= 0.6 is 0 Å². The Hall–Kier alpha value is -2.96. The topological polar surface area (TPSA) is 54.3 Å². The zero-order chi connectivity index (χ0) is 24.8. The van der Waals surface area contributed by atoms with Crippen molar-refractivity contribution in [2.45, 2.75) is 18.8 Å². The summed E-state index contributed by atoms with van der Waals surface area (Å²) in [6.07, 6.45) is -6.17. The van der Waals surface area contributed by atoms with Crippen LogP contribution in [-0.2, 0) is 17.1 Å². The molecule has 0 aliphatic heterocycles. The number of amides is 1. The minimum Gasteiger partial charge on any atom is -0.336 e. The molecule has 1 amide bonds. The molecule has 1 aromatic heterocycles. The van der Waals surface area contributed by atoms with Crippen molar-refractivity contribution >= 4 is 12.1 Å². The van der Waals surface area contributed by atoms with Gasteiger partial charge in [-0.05, 0) is 45.3 Å². The van der Waals surface area contributed by atoms with E-state index in [2.05, 4.69) is 10.1 Å². The molecule has 0 aliphatic rings. The lowest BCUT2D eigenvalue weighted by Crippen LogP contribution is -2.34. The van der Waals surface area contributed by atoms with Gasteiger partial charge in [0.05, 0.1) is 11.1 Å². The van der Waals surface area contributed by atoms with Gasteiger partial charge < -0.3 is 9.80 Å². The molecule has 182 valence electrons. The lowest BCUT2D eigenvalue weighted by molar-refractivity contribution is -0.143. The zero-order valence-corrected chi connectivity index (χ0v) is 17.8. The van der Waals surface area contributed by atoms with Crippen molar-refractivity contribution in [1.29, 1.82) is 0 Å². The summed E-state index contributed by atoms with van der Waals surface area (Å²) in [5.41, 5.74) is -3.47. The number of alkyl halides is 7. The lowest BCUT2D eigenvalue weighted by Gasteiger charge is -2.20. The number of rotatable bonds is 9. The number of carbonyl (C=O) groups is 1. The monoisotopic (exact) mass is 481 g/mol. The molecule has 0 spiro atoms. The molecule has 2 rings (SSSR count).